The van der Waals surface area contributed by atoms with E-state index < -0.39 is 8.90 Å². The van der Waals surface area contributed by atoms with Crippen LogP contribution in [0, 0.1) is 0 Å². The third-order valence-corrected chi connectivity index (χ3v) is 2.80. The van der Waals surface area contributed by atoms with E-state index in [2.05, 4.69) is 11.0 Å². The molecule has 0 saturated heterocycles. The molecule has 0 aromatic heterocycles. The summed E-state index contributed by atoms with van der Waals surface area (Å²) in [5, 5.41) is 0. The lowest BCUT2D eigenvalue weighted by atomic mass is 10.5. The lowest BCUT2D eigenvalue weighted by Crippen LogP contribution is -2.29. The maximum absolute atomic E-state index is 5.35. The number of nitrogens with one attached hydrogen (secondary N) is 2. The van der Waals surface area contributed by atoms with E-state index in [1.54, 1.807) is 0 Å². The van der Waals surface area contributed by atoms with E-state index in [9.17, 15) is 0 Å². The smallest absolute Gasteiger partial charge is 0.402 e. The second kappa shape index (κ2) is 8.11. The molecule has 5 heteroatoms. The largest absolute Gasteiger partial charge is 0.527 e. The van der Waals surface area contributed by atoms with Crippen LogP contribution in [0.2, 0.25) is 0 Å². The second-order valence-corrected chi connectivity index (χ2v) is 4.58. The molecule has 2 N–H and O–H groups in total. The average molecular weight is 228 g/mol. The zero-order chi connectivity index (χ0) is 11.7. The first kappa shape index (κ1) is 13.8. The van der Waals surface area contributed by atoms with E-state index >= 15 is 0 Å². The molecule has 4 nitrogen and oxygen atoms in total. The topological polar surface area (TPSA) is 42.5 Å². The van der Waals surface area contributed by atoms with Crippen molar-refractivity contribution in [3.63, 3.8) is 0 Å². The molecule has 0 aromatic rings. The minimum Gasteiger partial charge on any atom is -0.402 e. The lowest BCUT2D eigenvalue weighted by Gasteiger charge is -2.12. The van der Waals surface area contributed by atoms with Gasteiger partial charge in [0.2, 0.25) is 0 Å². The van der Waals surface area contributed by atoms with Crippen LogP contribution < -0.4 is 11.0 Å². The number of allylic oxidation sites excluding steroid dienone is 4. The number of hydrogen-bond donors (Lipinski definition) is 2. The van der Waals surface area contributed by atoms with E-state index in [1.165, 1.54) is 0 Å². The molecular formula is C10H20N2O2Si. The van der Waals surface area contributed by atoms with Crippen molar-refractivity contribution in [1.29, 1.82) is 0 Å². The lowest BCUT2D eigenvalue weighted by molar-refractivity contribution is 0.130. The third kappa shape index (κ3) is 6.79. The Bertz CT molecular complexity index is 249. The molecule has 15 heavy (non-hydrogen) atoms. The van der Waals surface area contributed by atoms with Crippen molar-refractivity contribution in [2.45, 2.75) is 34.6 Å². The molecule has 86 valence electrons. The average Bonchev–Trinajstić information content (AvgIpc) is 2.28. The number of hydrogen-bond acceptors (Lipinski definition) is 4. The highest BCUT2D eigenvalue weighted by Gasteiger charge is 2.02. The molecule has 0 aliphatic heterocycles. The van der Waals surface area contributed by atoms with Gasteiger partial charge in [0.25, 0.3) is 0 Å². The van der Waals surface area contributed by atoms with Crippen LogP contribution in [0.1, 0.15) is 34.6 Å². The van der Waals surface area contributed by atoms with Gasteiger partial charge in [-0.3, -0.25) is 0 Å². The van der Waals surface area contributed by atoms with Gasteiger partial charge in [0.05, 0.1) is 0 Å². The van der Waals surface area contributed by atoms with Crippen molar-refractivity contribution in [1.82, 2.24) is 11.0 Å². The highest BCUT2D eigenvalue weighted by Crippen LogP contribution is 1.88. The quantitative estimate of drug-likeness (QED) is 0.537. The van der Waals surface area contributed by atoms with Gasteiger partial charge in [-0.25, -0.2) is 11.0 Å². The SMILES string of the molecule is CC=C(C)NO[Si](=CC)ONC(C)=CC. The molecule has 0 saturated carbocycles. The summed E-state index contributed by atoms with van der Waals surface area (Å²) < 4.78 is 10.7. The maximum atomic E-state index is 5.35. The van der Waals surface area contributed by atoms with Crippen LogP contribution in [0.15, 0.2) is 23.5 Å². The van der Waals surface area contributed by atoms with E-state index in [1.807, 2.05) is 52.4 Å². The summed E-state index contributed by atoms with van der Waals surface area (Å²) in [6.07, 6.45) is 3.86. The van der Waals surface area contributed by atoms with Crippen LogP contribution in [0.5, 0.6) is 0 Å². The zero-order valence-electron chi connectivity index (χ0n) is 10.0. The van der Waals surface area contributed by atoms with Crippen LogP contribution >= 0.6 is 0 Å². The minimum atomic E-state index is -1.42. The van der Waals surface area contributed by atoms with Crippen molar-refractivity contribution < 1.29 is 9.05 Å². The van der Waals surface area contributed by atoms with Gasteiger partial charge in [-0.15, -0.1) is 0 Å². The second-order valence-electron chi connectivity index (χ2n) is 2.96. The molecule has 0 spiro atoms. The molecule has 0 aliphatic carbocycles. The Morgan fingerprint density at radius 2 is 1.33 bits per heavy atom. The van der Waals surface area contributed by atoms with Crippen molar-refractivity contribution in [2.24, 2.45) is 0 Å². The van der Waals surface area contributed by atoms with Crippen molar-refractivity contribution in [3.05, 3.63) is 23.5 Å². The van der Waals surface area contributed by atoms with Crippen molar-refractivity contribution in [3.8, 4) is 0 Å². The fraction of sp³-hybridized carbons (Fsp3) is 0.500. The molecule has 0 heterocycles. The monoisotopic (exact) mass is 228 g/mol. The summed E-state index contributed by atoms with van der Waals surface area (Å²) >= 11 is 0. The Morgan fingerprint density at radius 1 is 0.933 bits per heavy atom. The molecule has 0 atom stereocenters. The summed E-state index contributed by atoms with van der Waals surface area (Å²) in [5.41, 5.74) is 9.46. The van der Waals surface area contributed by atoms with Crippen LogP contribution in [0.3, 0.4) is 0 Å². The van der Waals surface area contributed by atoms with Crippen molar-refractivity contribution >= 4 is 14.6 Å². The summed E-state index contributed by atoms with van der Waals surface area (Å²) in [5.74, 6) is 0. The van der Waals surface area contributed by atoms with Gasteiger partial charge >= 0.3 is 8.90 Å². The van der Waals surface area contributed by atoms with Gasteiger partial charge in [-0.1, -0.05) is 12.2 Å². The fourth-order valence-corrected chi connectivity index (χ4v) is 1.32. The molecular weight excluding hydrogens is 208 g/mol. The third-order valence-electron chi connectivity index (χ3n) is 1.73. The standard InChI is InChI=1S/C10H20N2O2Si/c1-6-9(4)11-13-15(8-3)14-12-10(5)7-2/h6-8,11-12H,1-5H3. The molecule has 0 amide bonds. The van der Waals surface area contributed by atoms with E-state index in [-0.39, 0.29) is 0 Å². The fourth-order valence-electron chi connectivity index (χ4n) is 0.518. The summed E-state index contributed by atoms with van der Waals surface area (Å²) in [7, 11) is -1.42. The molecule has 0 radical (unpaired) electrons. The maximum Gasteiger partial charge on any atom is 0.527 e. The number of hydroxylamine groups is 2. The van der Waals surface area contributed by atoms with Crippen LogP contribution in [-0.2, 0) is 9.05 Å². The Kier molecular flexibility index (Phi) is 7.44. The molecule has 0 unspecified atom stereocenters. The molecule has 0 aromatic carbocycles. The minimum absolute atomic E-state index is 0.964. The molecule has 0 rings (SSSR count). The van der Waals surface area contributed by atoms with Gasteiger partial charge in [0.15, 0.2) is 0 Å². The van der Waals surface area contributed by atoms with Crippen LogP contribution in [0.4, 0.5) is 0 Å². The van der Waals surface area contributed by atoms with Gasteiger partial charge in [0, 0.05) is 11.4 Å². The zero-order valence-corrected chi connectivity index (χ0v) is 11.0. The first-order valence-electron chi connectivity index (χ1n) is 4.91. The van der Waals surface area contributed by atoms with Gasteiger partial charge < -0.3 is 9.05 Å². The first-order valence-corrected chi connectivity index (χ1v) is 6.31. The van der Waals surface area contributed by atoms with E-state index in [4.69, 9.17) is 9.05 Å². The molecule has 0 aliphatic rings. The first-order chi connectivity index (χ1) is 7.13. The van der Waals surface area contributed by atoms with Crippen LogP contribution in [0.25, 0.3) is 0 Å². The van der Waals surface area contributed by atoms with E-state index in [0.29, 0.717) is 0 Å². The Labute approximate surface area is 93.3 Å². The summed E-state index contributed by atoms with van der Waals surface area (Å²) in [6, 6.07) is 0. The molecule has 0 bridgehead atoms. The highest BCUT2D eigenvalue weighted by molar-refractivity contribution is 6.53. The predicted molar refractivity (Wildman–Crippen MR) is 64.8 cm³/mol. The van der Waals surface area contributed by atoms with Gasteiger partial charge in [-0.05, 0) is 40.3 Å². The summed E-state index contributed by atoms with van der Waals surface area (Å²) in [4.78, 5) is 0. The normalized spacial score (nSPS) is 11.8. The van der Waals surface area contributed by atoms with Crippen LogP contribution in [-0.4, -0.2) is 14.6 Å². The predicted octanol–water partition coefficient (Wildman–Crippen LogP) is 1.77. The molecule has 0 fully saturated rings. The number of rotatable bonds is 6. The Balaban J connectivity index is 3.96. The van der Waals surface area contributed by atoms with Gasteiger partial charge in [0.1, 0.15) is 0 Å². The van der Waals surface area contributed by atoms with Gasteiger partial charge in [-0.2, -0.15) is 0 Å². The van der Waals surface area contributed by atoms with Crippen molar-refractivity contribution in [2.75, 3.05) is 0 Å². The Morgan fingerprint density at radius 3 is 1.60 bits per heavy atom. The Hall–Kier alpha value is -1.23. The highest BCUT2D eigenvalue weighted by atomic mass is 28.3. The summed E-state index contributed by atoms with van der Waals surface area (Å²) in [6.45, 7) is 9.65. The van der Waals surface area contributed by atoms with E-state index in [0.717, 1.165) is 11.4 Å².